The van der Waals surface area contributed by atoms with Crippen LogP contribution in [0.3, 0.4) is 0 Å². The molecule has 150 valence electrons. The SMILES string of the molecule is COC(=O)CCc1cc2c(cn1)c(=O)cc(Nc1ccccc1)n2-c1ccccc1. The Bertz CT molecular complexity index is 1240. The molecule has 0 saturated heterocycles. The lowest BCUT2D eigenvalue weighted by atomic mass is 10.1. The van der Waals surface area contributed by atoms with E-state index in [9.17, 15) is 9.59 Å². The number of pyridine rings is 2. The number of hydrogen-bond donors (Lipinski definition) is 1. The molecule has 2 aromatic heterocycles. The van der Waals surface area contributed by atoms with Crippen LogP contribution in [-0.2, 0) is 16.0 Å². The Hall–Kier alpha value is -3.93. The summed E-state index contributed by atoms with van der Waals surface area (Å²) in [7, 11) is 1.37. The third-order valence-electron chi connectivity index (χ3n) is 4.83. The molecule has 0 spiro atoms. The first-order chi connectivity index (χ1) is 14.7. The van der Waals surface area contributed by atoms with Crippen molar-refractivity contribution in [2.45, 2.75) is 12.8 Å². The van der Waals surface area contributed by atoms with Gasteiger partial charge in [0.1, 0.15) is 5.82 Å². The van der Waals surface area contributed by atoms with E-state index >= 15 is 0 Å². The number of ether oxygens (including phenoxy) is 1. The molecule has 2 heterocycles. The molecule has 4 rings (SSSR count). The van der Waals surface area contributed by atoms with Crippen LogP contribution in [0.15, 0.2) is 83.8 Å². The zero-order valence-corrected chi connectivity index (χ0v) is 16.5. The summed E-state index contributed by atoms with van der Waals surface area (Å²) in [5.41, 5.74) is 3.10. The number of hydrogen-bond acceptors (Lipinski definition) is 5. The zero-order valence-electron chi connectivity index (χ0n) is 16.5. The number of benzene rings is 2. The number of para-hydroxylation sites is 2. The molecule has 30 heavy (non-hydrogen) atoms. The van der Waals surface area contributed by atoms with E-state index in [4.69, 9.17) is 4.74 Å². The summed E-state index contributed by atoms with van der Waals surface area (Å²) in [6, 6.07) is 22.9. The van der Waals surface area contributed by atoms with Crippen molar-refractivity contribution < 1.29 is 9.53 Å². The molecular weight excluding hydrogens is 378 g/mol. The van der Waals surface area contributed by atoms with Crippen molar-refractivity contribution in [2.24, 2.45) is 0 Å². The Labute approximate surface area is 173 Å². The minimum Gasteiger partial charge on any atom is -0.469 e. The number of rotatable bonds is 6. The van der Waals surface area contributed by atoms with E-state index in [1.54, 1.807) is 12.3 Å². The normalized spacial score (nSPS) is 10.7. The van der Waals surface area contributed by atoms with Crippen molar-refractivity contribution in [2.75, 3.05) is 12.4 Å². The standard InChI is InChI=1S/C24H21N3O3/c1-30-24(29)13-12-18-14-21-20(16-25-18)22(28)15-23(26-17-8-4-2-5-9-17)27(21)19-10-6-3-7-11-19/h2-11,14-16,26H,12-13H2,1H3. The van der Waals surface area contributed by atoms with Gasteiger partial charge in [0.25, 0.3) is 0 Å². The van der Waals surface area contributed by atoms with Gasteiger partial charge in [0, 0.05) is 35.8 Å². The van der Waals surface area contributed by atoms with Crippen molar-refractivity contribution in [1.29, 1.82) is 0 Å². The van der Waals surface area contributed by atoms with E-state index in [-0.39, 0.29) is 17.8 Å². The summed E-state index contributed by atoms with van der Waals surface area (Å²) < 4.78 is 6.72. The monoisotopic (exact) mass is 399 g/mol. The van der Waals surface area contributed by atoms with E-state index in [0.29, 0.717) is 23.3 Å². The van der Waals surface area contributed by atoms with E-state index in [1.807, 2.05) is 71.3 Å². The Morgan fingerprint density at radius 3 is 2.43 bits per heavy atom. The predicted octanol–water partition coefficient (Wildman–Crippen LogP) is 4.23. The topological polar surface area (TPSA) is 73.2 Å². The lowest BCUT2D eigenvalue weighted by molar-refractivity contribution is -0.140. The molecule has 0 aliphatic carbocycles. The Morgan fingerprint density at radius 2 is 1.73 bits per heavy atom. The molecule has 0 saturated carbocycles. The van der Waals surface area contributed by atoms with Gasteiger partial charge in [-0.2, -0.15) is 0 Å². The number of nitrogens with zero attached hydrogens (tertiary/aromatic N) is 2. The van der Waals surface area contributed by atoms with Crippen LogP contribution in [0.4, 0.5) is 11.5 Å². The second-order valence-electron chi connectivity index (χ2n) is 6.82. The first kappa shape index (κ1) is 19.4. The van der Waals surface area contributed by atoms with Gasteiger partial charge in [0.2, 0.25) is 0 Å². The van der Waals surface area contributed by atoms with Gasteiger partial charge in [-0.3, -0.25) is 19.1 Å². The fourth-order valence-corrected chi connectivity index (χ4v) is 3.34. The highest BCUT2D eigenvalue weighted by Gasteiger charge is 2.13. The first-order valence-corrected chi connectivity index (χ1v) is 9.65. The minimum atomic E-state index is -0.295. The molecule has 0 aliphatic rings. The number of fused-ring (bicyclic) bond motifs is 1. The Morgan fingerprint density at radius 1 is 1.03 bits per heavy atom. The smallest absolute Gasteiger partial charge is 0.305 e. The first-order valence-electron chi connectivity index (χ1n) is 9.65. The Balaban J connectivity index is 1.89. The number of nitrogens with one attached hydrogen (secondary N) is 1. The summed E-state index contributed by atoms with van der Waals surface area (Å²) in [5.74, 6) is 0.354. The summed E-state index contributed by atoms with van der Waals surface area (Å²) in [6.07, 6.45) is 2.24. The molecule has 1 N–H and O–H groups in total. The quantitative estimate of drug-likeness (QED) is 0.491. The molecule has 6 heteroatoms. The van der Waals surface area contributed by atoms with Gasteiger partial charge in [-0.05, 0) is 30.3 Å². The number of aromatic nitrogens is 2. The van der Waals surface area contributed by atoms with Gasteiger partial charge < -0.3 is 10.1 Å². The second-order valence-corrected chi connectivity index (χ2v) is 6.82. The molecule has 2 aromatic carbocycles. The predicted molar refractivity (Wildman–Crippen MR) is 117 cm³/mol. The fourth-order valence-electron chi connectivity index (χ4n) is 3.34. The average molecular weight is 399 g/mol. The molecule has 0 bridgehead atoms. The van der Waals surface area contributed by atoms with Gasteiger partial charge in [-0.15, -0.1) is 0 Å². The molecule has 6 nitrogen and oxygen atoms in total. The summed E-state index contributed by atoms with van der Waals surface area (Å²) in [6.45, 7) is 0. The van der Waals surface area contributed by atoms with Crippen LogP contribution in [-0.4, -0.2) is 22.6 Å². The largest absolute Gasteiger partial charge is 0.469 e. The van der Waals surface area contributed by atoms with Gasteiger partial charge in [0.05, 0.1) is 24.4 Å². The number of esters is 1. The zero-order chi connectivity index (χ0) is 20.9. The minimum absolute atomic E-state index is 0.123. The molecule has 0 aliphatic heterocycles. The van der Waals surface area contributed by atoms with Gasteiger partial charge in [-0.1, -0.05) is 36.4 Å². The number of anilines is 2. The summed E-state index contributed by atoms with van der Waals surface area (Å²) in [5, 5.41) is 3.86. The summed E-state index contributed by atoms with van der Waals surface area (Å²) in [4.78, 5) is 28.7. The molecule has 0 atom stereocenters. The van der Waals surface area contributed by atoms with Crippen LogP contribution in [0.25, 0.3) is 16.6 Å². The fraction of sp³-hybridized carbons (Fsp3) is 0.125. The maximum atomic E-state index is 12.8. The lowest BCUT2D eigenvalue weighted by Gasteiger charge is -2.18. The van der Waals surface area contributed by atoms with Crippen LogP contribution >= 0.6 is 0 Å². The van der Waals surface area contributed by atoms with Crippen LogP contribution in [0.2, 0.25) is 0 Å². The van der Waals surface area contributed by atoms with E-state index in [0.717, 1.165) is 16.9 Å². The number of carbonyl (C=O) groups excluding carboxylic acids is 1. The third kappa shape index (κ3) is 4.07. The highest BCUT2D eigenvalue weighted by atomic mass is 16.5. The third-order valence-corrected chi connectivity index (χ3v) is 4.83. The maximum Gasteiger partial charge on any atom is 0.305 e. The molecule has 0 fully saturated rings. The maximum absolute atomic E-state index is 12.8. The Kier molecular flexibility index (Phi) is 5.57. The van der Waals surface area contributed by atoms with Crippen LogP contribution < -0.4 is 10.7 Å². The number of carbonyl (C=O) groups is 1. The summed E-state index contributed by atoms with van der Waals surface area (Å²) >= 11 is 0. The van der Waals surface area contributed by atoms with Crippen LogP contribution in [0.1, 0.15) is 12.1 Å². The average Bonchev–Trinajstić information content (AvgIpc) is 2.78. The van der Waals surface area contributed by atoms with Crippen LogP contribution in [0, 0.1) is 0 Å². The molecule has 0 unspecified atom stereocenters. The molecule has 4 aromatic rings. The van der Waals surface area contributed by atoms with Gasteiger partial charge in [0.15, 0.2) is 5.43 Å². The molecule has 0 radical (unpaired) electrons. The second kappa shape index (κ2) is 8.61. The van der Waals surface area contributed by atoms with Crippen molar-refractivity contribution in [3.05, 3.63) is 94.9 Å². The molecular formula is C24H21N3O3. The van der Waals surface area contributed by atoms with E-state index < -0.39 is 0 Å². The van der Waals surface area contributed by atoms with Crippen LogP contribution in [0.5, 0.6) is 0 Å². The van der Waals surface area contributed by atoms with Gasteiger partial charge >= 0.3 is 5.97 Å². The van der Waals surface area contributed by atoms with Crippen molar-refractivity contribution in [3.8, 4) is 5.69 Å². The van der Waals surface area contributed by atoms with Crippen molar-refractivity contribution in [1.82, 2.24) is 9.55 Å². The highest BCUT2D eigenvalue weighted by Crippen LogP contribution is 2.25. The number of methoxy groups -OCH3 is 1. The van der Waals surface area contributed by atoms with Crippen molar-refractivity contribution in [3.63, 3.8) is 0 Å². The lowest BCUT2D eigenvalue weighted by Crippen LogP contribution is -2.13. The number of aryl methyl sites for hydroxylation is 1. The van der Waals surface area contributed by atoms with E-state index in [1.165, 1.54) is 7.11 Å². The van der Waals surface area contributed by atoms with E-state index in [2.05, 4.69) is 10.3 Å². The molecule has 0 amide bonds. The van der Waals surface area contributed by atoms with Gasteiger partial charge in [-0.25, -0.2) is 0 Å². The van der Waals surface area contributed by atoms with Crippen molar-refractivity contribution >= 4 is 28.4 Å². The highest BCUT2D eigenvalue weighted by molar-refractivity contribution is 5.84.